The van der Waals surface area contributed by atoms with Crippen LogP contribution in [-0.4, -0.2) is 11.9 Å². The van der Waals surface area contributed by atoms with Gasteiger partial charge in [0, 0.05) is 12.5 Å². The first kappa shape index (κ1) is 12.0. The Kier molecular flexibility index (Phi) is 2.86. The van der Waals surface area contributed by atoms with E-state index in [1.165, 1.54) is 5.56 Å². The molecule has 0 aliphatic carbocycles. The Bertz CT molecular complexity index is 446. The summed E-state index contributed by atoms with van der Waals surface area (Å²) in [5.74, 6) is 0.0785. The van der Waals surface area contributed by atoms with Crippen LogP contribution in [0.3, 0.4) is 0 Å². The van der Waals surface area contributed by atoms with Gasteiger partial charge in [0.15, 0.2) is 0 Å². The molecule has 2 N–H and O–H groups in total. The molecule has 0 saturated heterocycles. The molecule has 0 saturated carbocycles. The van der Waals surface area contributed by atoms with Gasteiger partial charge in [0.05, 0.1) is 11.4 Å². The van der Waals surface area contributed by atoms with Crippen molar-refractivity contribution in [3.05, 3.63) is 23.8 Å². The second-order valence-corrected chi connectivity index (χ2v) is 5.78. The number of amides is 1. The van der Waals surface area contributed by atoms with E-state index < -0.39 is 0 Å². The first-order valence-electron chi connectivity index (χ1n) is 6.08. The van der Waals surface area contributed by atoms with Crippen LogP contribution in [0.15, 0.2) is 18.2 Å². The van der Waals surface area contributed by atoms with Gasteiger partial charge in [-0.1, -0.05) is 32.9 Å². The van der Waals surface area contributed by atoms with Crippen molar-refractivity contribution in [1.82, 2.24) is 0 Å². The van der Waals surface area contributed by atoms with E-state index in [1.807, 2.05) is 19.1 Å². The maximum absolute atomic E-state index is 11.7. The second-order valence-electron chi connectivity index (χ2n) is 5.78. The summed E-state index contributed by atoms with van der Waals surface area (Å²) < 4.78 is 0. The van der Waals surface area contributed by atoms with Crippen molar-refractivity contribution < 1.29 is 4.79 Å². The molecule has 0 fully saturated rings. The zero-order valence-electron chi connectivity index (χ0n) is 10.9. The lowest BCUT2D eigenvalue weighted by molar-refractivity contribution is -0.116. The Labute approximate surface area is 103 Å². The number of anilines is 2. The van der Waals surface area contributed by atoms with Gasteiger partial charge < -0.3 is 10.6 Å². The normalized spacial score (nSPS) is 20.0. The zero-order valence-corrected chi connectivity index (χ0v) is 10.9. The fourth-order valence-electron chi connectivity index (χ4n) is 2.21. The van der Waals surface area contributed by atoms with Crippen LogP contribution in [0.2, 0.25) is 0 Å². The van der Waals surface area contributed by atoms with E-state index in [0.717, 1.165) is 11.4 Å². The second kappa shape index (κ2) is 4.06. The SMILES string of the molecule is CC1CC(=O)Nc2cccc(C(C)(C)C)c2N1. The highest BCUT2D eigenvalue weighted by atomic mass is 16.1. The highest BCUT2D eigenvalue weighted by Gasteiger charge is 2.24. The van der Waals surface area contributed by atoms with Crippen LogP contribution in [0.1, 0.15) is 39.7 Å². The molecule has 2 rings (SSSR count). The maximum Gasteiger partial charge on any atom is 0.226 e. The predicted molar refractivity (Wildman–Crippen MR) is 71.5 cm³/mol. The van der Waals surface area contributed by atoms with Crippen LogP contribution in [0.5, 0.6) is 0 Å². The number of benzene rings is 1. The highest BCUT2D eigenvalue weighted by Crippen LogP contribution is 2.36. The molecule has 92 valence electrons. The number of carbonyl (C=O) groups excluding carboxylic acids is 1. The van der Waals surface area contributed by atoms with Gasteiger partial charge in [-0.2, -0.15) is 0 Å². The Morgan fingerprint density at radius 3 is 2.65 bits per heavy atom. The highest BCUT2D eigenvalue weighted by molar-refractivity contribution is 5.97. The molecular weight excluding hydrogens is 212 g/mol. The minimum absolute atomic E-state index is 0.0626. The van der Waals surface area contributed by atoms with Crippen LogP contribution >= 0.6 is 0 Å². The maximum atomic E-state index is 11.7. The Morgan fingerprint density at radius 2 is 2.00 bits per heavy atom. The van der Waals surface area contributed by atoms with E-state index in [4.69, 9.17) is 0 Å². The third-order valence-corrected chi connectivity index (χ3v) is 3.03. The van der Waals surface area contributed by atoms with Crippen molar-refractivity contribution in [3.63, 3.8) is 0 Å². The average molecular weight is 232 g/mol. The zero-order chi connectivity index (χ0) is 12.6. The van der Waals surface area contributed by atoms with Gasteiger partial charge in [0.25, 0.3) is 0 Å². The molecule has 1 aromatic carbocycles. The monoisotopic (exact) mass is 232 g/mol. The summed E-state index contributed by atoms with van der Waals surface area (Å²) in [6.45, 7) is 8.58. The van der Waals surface area contributed by atoms with Crippen LogP contribution in [0.4, 0.5) is 11.4 Å². The van der Waals surface area contributed by atoms with Gasteiger partial charge in [0.1, 0.15) is 0 Å². The summed E-state index contributed by atoms with van der Waals surface area (Å²) in [4.78, 5) is 11.7. The lowest BCUT2D eigenvalue weighted by Gasteiger charge is -2.25. The van der Waals surface area contributed by atoms with Crippen LogP contribution in [-0.2, 0) is 10.2 Å². The minimum Gasteiger partial charge on any atom is -0.380 e. The fourth-order valence-corrected chi connectivity index (χ4v) is 2.21. The smallest absolute Gasteiger partial charge is 0.226 e. The molecule has 1 unspecified atom stereocenters. The Hall–Kier alpha value is -1.51. The number of rotatable bonds is 0. The van der Waals surface area contributed by atoms with Crippen molar-refractivity contribution >= 4 is 17.3 Å². The average Bonchev–Trinajstić information content (AvgIpc) is 2.31. The molecule has 1 aliphatic rings. The number of fused-ring (bicyclic) bond motifs is 1. The van der Waals surface area contributed by atoms with Gasteiger partial charge in [-0.05, 0) is 24.0 Å². The minimum atomic E-state index is 0.0626. The lowest BCUT2D eigenvalue weighted by Crippen LogP contribution is -2.20. The molecule has 0 aromatic heterocycles. The largest absolute Gasteiger partial charge is 0.380 e. The van der Waals surface area contributed by atoms with Gasteiger partial charge in [0.2, 0.25) is 5.91 Å². The molecular formula is C14H20N2O. The fraction of sp³-hybridized carbons (Fsp3) is 0.500. The molecule has 3 heteroatoms. The molecule has 1 atom stereocenters. The van der Waals surface area contributed by atoms with E-state index in [0.29, 0.717) is 6.42 Å². The molecule has 1 amide bonds. The number of para-hydroxylation sites is 1. The van der Waals surface area contributed by atoms with E-state index in [1.54, 1.807) is 0 Å². The predicted octanol–water partition coefficient (Wildman–Crippen LogP) is 3.13. The van der Waals surface area contributed by atoms with Crippen LogP contribution < -0.4 is 10.6 Å². The molecule has 0 radical (unpaired) electrons. The summed E-state index contributed by atoms with van der Waals surface area (Å²) in [6.07, 6.45) is 0.512. The lowest BCUT2D eigenvalue weighted by atomic mass is 9.85. The molecule has 0 bridgehead atoms. The van der Waals surface area contributed by atoms with E-state index in [-0.39, 0.29) is 17.4 Å². The van der Waals surface area contributed by atoms with Gasteiger partial charge in [-0.3, -0.25) is 4.79 Å². The number of hydrogen-bond acceptors (Lipinski definition) is 2. The van der Waals surface area contributed by atoms with Gasteiger partial charge in [-0.15, -0.1) is 0 Å². The first-order chi connectivity index (χ1) is 7.88. The Morgan fingerprint density at radius 1 is 1.29 bits per heavy atom. The summed E-state index contributed by atoms with van der Waals surface area (Å²) >= 11 is 0. The van der Waals surface area contributed by atoms with Crippen LogP contribution in [0.25, 0.3) is 0 Å². The third-order valence-electron chi connectivity index (χ3n) is 3.03. The molecule has 3 nitrogen and oxygen atoms in total. The number of nitrogens with one attached hydrogen (secondary N) is 2. The topological polar surface area (TPSA) is 41.1 Å². The summed E-state index contributed by atoms with van der Waals surface area (Å²) in [7, 11) is 0. The van der Waals surface area contributed by atoms with Crippen molar-refractivity contribution in [3.8, 4) is 0 Å². The molecule has 0 spiro atoms. The van der Waals surface area contributed by atoms with Crippen LogP contribution in [0, 0.1) is 0 Å². The Balaban J connectivity index is 2.53. The van der Waals surface area contributed by atoms with Gasteiger partial charge >= 0.3 is 0 Å². The number of carbonyl (C=O) groups is 1. The third kappa shape index (κ3) is 2.43. The van der Waals surface area contributed by atoms with Crippen molar-refractivity contribution in [2.45, 2.75) is 45.6 Å². The van der Waals surface area contributed by atoms with Gasteiger partial charge in [-0.25, -0.2) is 0 Å². The van der Waals surface area contributed by atoms with E-state index in [2.05, 4.69) is 37.5 Å². The molecule has 1 aromatic rings. The number of hydrogen-bond donors (Lipinski definition) is 2. The molecule has 1 heterocycles. The summed E-state index contributed by atoms with van der Waals surface area (Å²) in [5.41, 5.74) is 3.27. The summed E-state index contributed by atoms with van der Waals surface area (Å²) in [6, 6.07) is 6.24. The molecule has 1 aliphatic heterocycles. The molecule has 17 heavy (non-hydrogen) atoms. The van der Waals surface area contributed by atoms with E-state index >= 15 is 0 Å². The first-order valence-corrected chi connectivity index (χ1v) is 6.08. The van der Waals surface area contributed by atoms with Crippen molar-refractivity contribution in [1.29, 1.82) is 0 Å². The van der Waals surface area contributed by atoms with E-state index in [9.17, 15) is 4.79 Å². The van der Waals surface area contributed by atoms with Crippen molar-refractivity contribution in [2.24, 2.45) is 0 Å². The quantitative estimate of drug-likeness (QED) is 0.721. The van der Waals surface area contributed by atoms with Crippen molar-refractivity contribution in [2.75, 3.05) is 10.6 Å². The summed E-state index contributed by atoms with van der Waals surface area (Å²) in [5, 5.41) is 6.41. The standard InChI is InChI=1S/C14H20N2O/c1-9-8-12(17)16-11-7-5-6-10(13(11)15-9)14(2,3)4/h5-7,9,15H,8H2,1-4H3,(H,16,17).